The monoisotopic (exact) mass is 344 g/mol. The summed E-state index contributed by atoms with van der Waals surface area (Å²) in [6, 6.07) is 8.53. The molecule has 1 amide bonds. The molecule has 0 atom stereocenters. The molecule has 1 aromatic carbocycles. The van der Waals surface area contributed by atoms with Crippen molar-refractivity contribution in [3.8, 4) is 11.1 Å². The number of nitrogens with one attached hydrogen (secondary N) is 1. The Labute approximate surface area is 121 Å². The van der Waals surface area contributed by atoms with E-state index in [0.29, 0.717) is 11.1 Å². The quantitative estimate of drug-likeness (QED) is 0.894. The van der Waals surface area contributed by atoms with Gasteiger partial charge in [0.1, 0.15) is 0 Å². The Morgan fingerprint density at radius 1 is 1.25 bits per heavy atom. The molecule has 7 heteroatoms. The number of aromatic nitrogens is 1. The van der Waals surface area contributed by atoms with E-state index in [0.717, 1.165) is 4.47 Å². The highest BCUT2D eigenvalue weighted by atomic mass is 79.9. The molecule has 0 aliphatic carbocycles. The molecule has 0 saturated heterocycles. The Hall–Kier alpha value is -1.89. The van der Waals surface area contributed by atoms with Crippen molar-refractivity contribution >= 4 is 27.5 Å². The summed E-state index contributed by atoms with van der Waals surface area (Å²) in [4.78, 5) is 14.7. The summed E-state index contributed by atoms with van der Waals surface area (Å²) in [7, 11) is 0. The molecule has 0 radical (unpaired) electrons. The number of rotatable bonds is 2. The summed E-state index contributed by atoms with van der Waals surface area (Å²) in [5, 5.41) is 1.83. The van der Waals surface area contributed by atoms with Crippen LogP contribution in [0.3, 0.4) is 0 Å². The molecule has 1 aromatic heterocycles. The lowest BCUT2D eigenvalue weighted by atomic mass is 10.1. The first-order valence-electron chi connectivity index (χ1n) is 5.46. The third-order valence-corrected chi connectivity index (χ3v) is 2.96. The molecule has 1 N–H and O–H groups in total. The summed E-state index contributed by atoms with van der Waals surface area (Å²) < 4.78 is 37.7. The summed E-state index contributed by atoms with van der Waals surface area (Å²) in [5.41, 5.74) is 1.13. The molecular formula is C13H8BrF3N2O. The van der Waals surface area contributed by atoms with Crippen molar-refractivity contribution in [2.24, 2.45) is 0 Å². The molecule has 104 valence electrons. The maximum atomic E-state index is 12.3. The van der Waals surface area contributed by atoms with Gasteiger partial charge in [0.2, 0.25) is 0 Å². The second-order valence-electron chi connectivity index (χ2n) is 3.88. The van der Waals surface area contributed by atoms with Gasteiger partial charge in [-0.2, -0.15) is 13.2 Å². The zero-order chi connectivity index (χ0) is 14.8. The molecule has 1 heterocycles. The van der Waals surface area contributed by atoms with Gasteiger partial charge in [-0.25, -0.2) is 0 Å². The number of nitrogens with zero attached hydrogens (tertiary/aromatic N) is 1. The molecule has 2 rings (SSSR count). The van der Waals surface area contributed by atoms with E-state index in [1.807, 2.05) is 5.32 Å². The van der Waals surface area contributed by atoms with Crippen LogP contribution < -0.4 is 5.32 Å². The normalized spacial score (nSPS) is 11.2. The van der Waals surface area contributed by atoms with E-state index in [1.165, 1.54) is 18.5 Å². The van der Waals surface area contributed by atoms with Gasteiger partial charge >= 0.3 is 12.1 Å². The summed E-state index contributed by atoms with van der Waals surface area (Å²) in [6.45, 7) is 0. The molecule has 3 nitrogen and oxygen atoms in total. The number of pyridine rings is 1. The van der Waals surface area contributed by atoms with Gasteiger partial charge in [0, 0.05) is 16.2 Å². The summed E-state index contributed by atoms with van der Waals surface area (Å²) >= 11 is 3.28. The molecule has 0 fully saturated rings. The van der Waals surface area contributed by atoms with Crippen LogP contribution in [0.2, 0.25) is 0 Å². The van der Waals surface area contributed by atoms with E-state index in [2.05, 4.69) is 20.9 Å². The van der Waals surface area contributed by atoms with Crippen molar-refractivity contribution in [1.82, 2.24) is 4.98 Å². The van der Waals surface area contributed by atoms with Gasteiger partial charge < -0.3 is 5.32 Å². The minimum absolute atomic E-state index is 0.00734. The third kappa shape index (κ3) is 3.36. The average Bonchev–Trinajstić information content (AvgIpc) is 2.38. The highest BCUT2D eigenvalue weighted by Gasteiger charge is 2.39. The first-order valence-corrected chi connectivity index (χ1v) is 6.25. The Kier molecular flexibility index (Phi) is 4.08. The van der Waals surface area contributed by atoms with Gasteiger partial charge in [-0.1, -0.05) is 28.1 Å². The van der Waals surface area contributed by atoms with E-state index in [4.69, 9.17) is 0 Å². The number of benzene rings is 1. The summed E-state index contributed by atoms with van der Waals surface area (Å²) in [5.74, 6) is -2.03. The SMILES string of the molecule is O=C(Nc1cnccc1-c1cccc(Br)c1)C(F)(F)F. The average molecular weight is 345 g/mol. The molecule has 0 saturated carbocycles. The third-order valence-electron chi connectivity index (χ3n) is 2.46. The van der Waals surface area contributed by atoms with Crippen LogP contribution in [0.15, 0.2) is 47.2 Å². The maximum absolute atomic E-state index is 12.3. The smallest absolute Gasteiger partial charge is 0.316 e. The fourth-order valence-electron chi connectivity index (χ4n) is 1.59. The number of amides is 1. The molecule has 0 spiro atoms. The molecule has 20 heavy (non-hydrogen) atoms. The Balaban J connectivity index is 2.39. The maximum Gasteiger partial charge on any atom is 0.471 e. The number of alkyl halides is 3. The van der Waals surface area contributed by atoms with Crippen LogP contribution in [0.25, 0.3) is 11.1 Å². The predicted octanol–water partition coefficient (Wildman–Crippen LogP) is 4.01. The van der Waals surface area contributed by atoms with Gasteiger partial charge in [0.15, 0.2) is 0 Å². The molecule has 0 aliphatic heterocycles. The minimum Gasteiger partial charge on any atom is -0.316 e. The highest BCUT2D eigenvalue weighted by molar-refractivity contribution is 9.10. The highest BCUT2D eigenvalue weighted by Crippen LogP contribution is 2.30. The lowest BCUT2D eigenvalue weighted by molar-refractivity contribution is -0.167. The number of hydrogen-bond donors (Lipinski definition) is 1. The van der Waals surface area contributed by atoms with E-state index >= 15 is 0 Å². The first kappa shape index (κ1) is 14.5. The molecule has 0 unspecified atom stereocenters. The van der Waals surface area contributed by atoms with Crippen LogP contribution in [-0.4, -0.2) is 17.1 Å². The van der Waals surface area contributed by atoms with Crippen LogP contribution in [0.5, 0.6) is 0 Å². The van der Waals surface area contributed by atoms with Crippen molar-refractivity contribution in [3.05, 3.63) is 47.2 Å². The zero-order valence-electron chi connectivity index (χ0n) is 9.91. The standard InChI is InChI=1S/C13H8BrF3N2O/c14-9-3-1-2-8(6-9)10-4-5-18-7-11(10)19-12(20)13(15,16)17/h1-7H,(H,19,20). The number of anilines is 1. The van der Waals surface area contributed by atoms with Crippen LogP contribution in [0.1, 0.15) is 0 Å². The van der Waals surface area contributed by atoms with Crippen molar-refractivity contribution < 1.29 is 18.0 Å². The van der Waals surface area contributed by atoms with Gasteiger partial charge in [0.05, 0.1) is 11.9 Å². The van der Waals surface area contributed by atoms with Gasteiger partial charge in [-0.15, -0.1) is 0 Å². The minimum atomic E-state index is -4.94. The Morgan fingerprint density at radius 2 is 2.00 bits per heavy atom. The number of carbonyl (C=O) groups is 1. The first-order chi connectivity index (χ1) is 9.38. The van der Waals surface area contributed by atoms with Crippen molar-refractivity contribution in [2.75, 3.05) is 5.32 Å². The van der Waals surface area contributed by atoms with Gasteiger partial charge in [0.25, 0.3) is 0 Å². The second-order valence-corrected chi connectivity index (χ2v) is 4.80. The van der Waals surface area contributed by atoms with Crippen molar-refractivity contribution in [1.29, 1.82) is 0 Å². The second kappa shape index (κ2) is 5.62. The fourth-order valence-corrected chi connectivity index (χ4v) is 1.99. The molecule has 2 aromatic rings. The largest absolute Gasteiger partial charge is 0.471 e. The topological polar surface area (TPSA) is 42.0 Å². The molecule has 0 aliphatic rings. The van der Waals surface area contributed by atoms with E-state index in [1.54, 1.807) is 24.3 Å². The lowest BCUT2D eigenvalue weighted by Gasteiger charge is -2.12. The van der Waals surface area contributed by atoms with Crippen molar-refractivity contribution in [3.63, 3.8) is 0 Å². The Morgan fingerprint density at radius 3 is 2.65 bits per heavy atom. The van der Waals surface area contributed by atoms with E-state index in [-0.39, 0.29) is 5.69 Å². The van der Waals surface area contributed by atoms with Crippen LogP contribution in [-0.2, 0) is 4.79 Å². The van der Waals surface area contributed by atoms with Gasteiger partial charge in [-0.3, -0.25) is 9.78 Å². The Bertz CT molecular complexity index is 644. The summed E-state index contributed by atoms with van der Waals surface area (Å²) in [6.07, 6.45) is -2.32. The lowest BCUT2D eigenvalue weighted by Crippen LogP contribution is -2.30. The van der Waals surface area contributed by atoms with Crippen LogP contribution in [0.4, 0.5) is 18.9 Å². The van der Waals surface area contributed by atoms with Crippen LogP contribution >= 0.6 is 15.9 Å². The van der Waals surface area contributed by atoms with E-state index in [9.17, 15) is 18.0 Å². The van der Waals surface area contributed by atoms with Gasteiger partial charge in [-0.05, 0) is 23.8 Å². The molecule has 0 bridgehead atoms. The van der Waals surface area contributed by atoms with E-state index < -0.39 is 12.1 Å². The number of carbonyl (C=O) groups excluding carboxylic acids is 1. The predicted molar refractivity (Wildman–Crippen MR) is 72.1 cm³/mol. The zero-order valence-corrected chi connectivity index (χ0v) is 11.5. The fraction of sp³-hybridized carbons (Fsp3) is 0.0769. The molecular weight excluding hydrogens is 337 g/mol. The van der Waals surface area contributed by atoms with Crippen LogP contribution in [0, 0.1) is 0 Å². The number of halogens is 4. The van der Waals surface area contributed by atoms with Crippen molar-refractivity contribution in [2.45, 2.75) is 6.18 Å². The number of hydrogen-bond acceptors (Lipinski definition) is 2.